The summed E-state index contributed by atoms with van der Waals surface area (Å²) in [6.07, 6.45) is 0. The van der Waals surface area contributed by atoms with Crippen molar-refractivity contribution in [1.29, 1.82) is 0 Å². The van der Waals surface area contributed by atoms with Crippen LogP contribution in [0, 0.1) is 6.92 Å². The van der Waals surface area contributed by atoms with E-state index < -0.39 is 0 Å². The van der Waals surface area contributed by atoms with Crippen LogP contribution in [0.5, 0.6) is 5.75 Å². The lowest BCUT2D eigenvalue weighted by Crippen LogP contribution is -2.38. The normalized spacial score (nSPS) is 12.0. The van der Waals surface area contributed by atoms with Crippen molar-refractivity contribution in [3.63, 3.8) is 0 Å². The zero-order valence-electron chi connectivity index (χ0n) is 14.3. The summed E-state index contributed by atoms with van der Waals surface area (Å²) in [5.74, 6) is 0.574. The van der Waals surface area contributed by atoms with Gasteiger partial charge in [-0.15, -0.1) is 0 Å². The highest BCUT2D eigenvalue weighted by molar-refractivity contribution is 6.32. The van der Waals surface area contributed by atoms with E-state index in [0.717, 1.165) is 11.1 Å². The molecule has 5 heteroatoms. The minimum Gasteiger partial charge on any atom is -0.490 e. The molecule has 4 nitrogen and oxygen atoms in total. The molecule has 0 aliphatic heterocycles. The van der Waals surface area contributed by atoms with Crippen molar-refractivity contribution < 1.29 is 9.53 Å². The summed E-state index contributed by atoms with van der Waals surface area (Å²) in [4.78, 5) is 14.4. The van der Waals surface area contributed by atoms with Crippen molar-refractivity contribution in [3.8, 4) is 5.75 Å². The van der Waals surface area contributed by atoms with Crippen molar-refractivity contribution in [3.05, 3.63) is 64.7 Å². The second-order valence-electron chi connectivity index (χ2n) is 5.85. The van der Waals surface area contributed by atoms with Crippen molar-refractivity contribution in [2.45, 2.75) is 13.0 Å². The van der Waals surface area contributed by atoms with Crippen LogP contribution in [0.25, 0.3) is 0 Å². The Labute approximate surface area is 148 Å². The van der Waals surface area contributed by atoms with Gasteiger partial charge in [0.2, 0.25) is 5.91 Å². The third-order valence-corrected chi connectivity index (χ3v) is 3.93. The second kappa shape index (κ2) is 8.71. The Morgan fingerprint density at radius 1 is 1.21 bits per heavy atom. The number of carbonyl (C=O) groups excluding carboxylic acids is 1. The maximum Gasteiger partial charge on any atom is 0.242 e. The standard InChI is InChI=1S/C19H23ClN2O2/c1-14-7-6-8-15(13-14)18(22(2)3)19(23)21-11-12-24-17-10-5-4-9-16(17)20/h4-10,13,18H,11-12H2,1-3H3,(H,21,23). The topological polar surface area (TPSA) is 41.6 Å². The lowest BCUT2D eigenvalue weighted by atomic mass is 10.0. The van der Waals surface area contributed by atoms with E-state index in [1.54, 1.807) is 12.1 Å². The molecule has 0 aliphatic rings. The molecule has 0 bridgehead atoms. The number of nitrogens with one attached hydrogen (secondary N) is 1. The molecular formula is C19H23ClN2O2. The van der Waals surface area contributed by atoms with Gasteiger partial charge in [0.25, 0.3) is 0 Å². The van der Waals surface area contributed by atoms with E-state index in [4.69, 9.17) is 16.3 Å². The van der Waals surface area contributed by atoms with Gasteiger partial charge in [-0.2, -0.15) is 0 Å². The summed E-state index contributed by atoms with van der Waals surface area (Å²) in [5, 5.41) is 3.49. The molecule has 0 saturated carbocycles. The highest BCUT2D eigenvalue weighted by Crippen LogP contribution is 2.23. The molecule has 1 unspecified atom stereocenters. The maximum atomic E-state index is 12.5. The molecule has 0 radical (unpaired) electrons. The minimum absolute atomic E-state index is 0.0478. The number of likely N-dealkylation sites (N-methyl/N-ethyl adjacent to an activating group) is 1. The fourth-order valence-corrected chi connectivity index (χ4v) is 2.71. The molecule has 0 aliphatic carbocycles. The van der Waals surface area contributed by atoms with Crippen molar-refractivity contribution in [1.82, 2.24) is 10.2 Å². The average Bonchev–Trinajstić information content (AvgIpc) is 2.53. The summed E-state index contributed by atoms with van der Waals surface area (Å²) < 4.78 is 5.59. The van der Waals surface area contributed by atoms with E-state index in [-0.39, 0.29) is 11.9 Å². The number of aryl methyl sites for hydroxylation is 1. The van der Waals surface area contributed by atoms with Crippen LogP contribution in [0.4, 0.5) is 0 Å². The van der Waals surface area contributed by atoms with Crippen LogP contribution in [0.2, 0.25) is 5.02 Å². The first-order valence-corrected chi connectivity index (χ1v) is 8.25. The van der Waals surface area contributed by atoms with Crippen LogP contribution in [0.3, 0.4) is 0 Å². The molecule has 1 N–H and O–H groups in total. The van der Waals surface area contributed by atoms with E-state index in [1.807, 2.05) is 62.3 Å². The highest BCUT2D eigenvalue weighted by Gasteiger charge is 2.22. The van der Waals surface area contributed by atoms with Gasteiger partial charge in [0.05, 0.1) is 11.6 Å². The first-order valence-electron chi connectivity index (χ1n) is 7.87. The first-order chi connectivity index (χ1) is 11.5. The van der Waals surface area contributed by atoms with E-state index in [1.165, 1.54) is 0 Å². The molecule has 0 saturated heterocycles. The van der Waals surface area contributed by atoms with Crippen molar-refractivity contribution >= 4 is 17.5 Å². The van der Waals surface area contributed by atoms with Gasteiger partial charge < -0.3 is 10.1 Å². The van der Waals surface area contributed by atoms with Gasteiger partial charge in [0.1, 0.15) is 18.4 Å². The molecule has 2 aromatic carbocycles. The molecule has 128 valence electrons. The first kappa shape index (κ1) is 18.3. The molecule has 2 aromatic rings. The molecule has 0 fully saturated rings. The molecule has 0 heterocycles. The molecule has 0 spiro atoms. The molecule has 1 atom stereocenters. The Morgan fingerprint density at radius 3 is 2.62 bits per heavy atom. The number of carbonyl (C=O) groups is 1. The molecular weight excluding hydrogens is 324 g/mol. The molecule has 0 aromatic heterocycles. The third-order valence-electron chi connectivity index (χ3n) is 3.62. The Morgan fingerprint density at radius 2 is 1.96 bits per heavy atom. The summed E-state index contributed by atoms with van der Waals surface area (Å²) in [6, 6.07) is 14.9. The molecule has 2 rings (SSSR count). The SMILES string of the molecule is Cc1cccc(C(C(=O)NCCOc2ccccc2Cl)N(C)C)c1. The Kier molecular flexibility index (Phi) is 6.64. The van der Waals surface area contributed by atoms with Gasteiger partial charge in [-0.05, 0) is 38.7 Å². The zero-order valence-corrected chi connectivity index (χ0v) is 15.0. The fraction of sp³-hybridized carbons (Fsp3) is 0.316. The highest BCUT2D eigenvalue weighted by atomic mass is 35.5. The number of para-hydroxylation sites is 1. The van der Waals surface area contributed by atoms with Crippen molar-refractivity contribution in [2.75, 3.05) is 27.2 Å². The lowest BCUT2D eigenvalue weighted by molar-refractivity contribution is -0.125. The van der Waals surface area contributed by atoms with Gasteiger partial charge in [0, 0.05) is 0 Å². The number of amides is 1. The Balaban J connectivity index is 1.91. The molecule has 24 heavy (non-hydrogen) atoms. The van der Waals surface area contributed by atoms with E-state index in [9.17, 15) is 4.79 Å². The second-order valence-corrected chi connectivity index (χ2v) is 6.26. The number of hydrogen-bond donors (Lipinski definition) is 1. The summed E-state index contributed by atoms with van der Waals surface area (Å²) >= 11 is 6.03. The smallest absolute Gasteiger partial charge is 0.242 e. The fourth-order valence-electron chi connectivity index (χ4n) is 2.52. The Hall–Kier alpha value is -2.04. The van der Waals surface area contributed by atoms with Gasteiger partial charge in [-0.1, -0.05) is 53.6 Å². The number of halogens is 1. The Bertz CT molecular complexity index is 689. The van der Waals surface area contributed by atoms with Gasteiger partial charge in [-0.3, -0.25) is 9.69 Å². The van der Waals surface area contributed by atoms with Crippen LogP contribution >= 0.6 is 11.6 Å². The van der Waals surface area contributed by atoms with Crippen molar-refractivity contribution in [2.24, 2.45) is 0 Å². The summed E-state index contributed by atoms with van der Waals surface area (Å²) in [7, 11) is 3.79. The van der Waals surface area contributed by atoms with Gasteiger partial charge in [-0.25, -0.2) is 0 Å². The van der Waals surface area contributed by atoms with Crippen LogP contribution in [-0.2, 0) is 4.79 Å². The van der Waals surface area contributed by atoms with Crippen LogP contribution in [0.1, 0.15) is 17.2 Å². The quantitative estimate of drug-likeness (QED) is 0.781. The zero-order chi connectivity index (χ0) is 17.5. The monoisotopic (exact) mass is 346 g/mol. The van der Waals surface area contributed by atoms with E-state index in [2.05, 4.69) is 5.32 Å². The average molecular weight is 347 g/mol. The predicted octanol–water partition coefficient (Wildman–Crippen LogP) is 3.45. The summed E-state index contributed by atoms with van der Waals surface area (Å²) in [5.41, 5.74) is 2.11. The number of ether oxygens (including phenoxy) is 1. The maximum absolute atomic E-state index is 12.5. The lowest BCUT2D eigenvalue weighted by Gasteiger charge is -2.24. The summed E-state index contributed by atoms with van der Waals surface area (Å²) in [6.45, 7) is 2.80. The number of rotatable bonds is 7. The van der Waals surface area contributed by atoms with Crippen LogP contribution in [-0.4, -0.2) is 38.1 Å². The number of benzene rings is 2. The number of nitrogens with zero attached hydrogens (tertiary/aromatic N) is 1. The van der Waals surface area contributed by atoms with E-state index >= 15 is 0 Å². The van der Waals surface area contributed by atoms with Crippen LogP contribution in [0.15, 0.2) is 48.5 Å². The predicted molar refractivity (Wildman–Crippen MR) is 97.6 cm³/mol. The number of hydrogen-bond acceptors (Lipinski definition) is 3. The largest absolute Gasteiger partial charge is 0.490 e. The third kappa shape index (κ3) is 4.98. The van der Waals surface area contributed by atoms with Gasteiger partial charge in [0.15, 0.2) is 0 Å². The molecule has 1 amide bonds. The minimum atomic E-state index is -0.329. The van der Waals surface area contributed by atoms with Gasteiger partial charge >= 0.3 is 0 Å². The van der Waals surface area contributed by atoms with E-state index in [0.29, 0.717) is 23.9 Å². The van der Waals surface area contributed by atoms with Crippen LogP contribution < -0.4 is 10.1 Å².